The topological polar surface area (TPSA) is 85.6 Å². The highest BCUT2D eigenvalue weighted by atomic mass is 16.5. The number of fused-ring (bicyclic) bond motifs is 1. The van der Waals surface area contributed by atoms with Gasteiger partial charge in [-0.1, -0.05) is 6.42 Å². The molecule has 0 atom stereocenters. The van der Waals surface area contributed by atoms with E-state index in [2.05, 4.69) is 30.4 Å². The lowest BCUT2D eigenvalue weighted by Crippen LogP contribution is -2.31. The molecule has 26 heavy (non-hydrogen) atoms. The Balaban J connectivity index is 1.65. The highest BCUT2D eigenvalue weighted by Crippen LogP contribution is 2.29. The largest absolute Gasteiger partial charge is 0.493 e. The van der Waals surface area contributed by atoms with Crippen molar-refractivity contribution >= 4 is 11.6 Å². The summed E-state index contributed by atoms with van der Waals surface area (Å²) >= 11 is 0. The van der Waals surface area contributed by atoms with Crippen LogP contribution in [0.25, 0.3) is 0 Å². The van der Waals surface area contributed by atoms with Gasteiger partial charge in [0.25, 0.3) is 0 Å². The van der Waals surface area contributed by atoms with Crippen molar-refractivity contribution in [3.05, 3.63) is 29.8 Å². The molecular weight excluding hydrogens is 332 g/mol. The average Bonchev–Trinajstić information content (AvgIpc) is 2.90. The van der Waals surface area contributed by atoms with Gasteiger partial charge in [-0.05, 0) is 25.0 Å². The summed E-state index contributed by atoms with van der Waals surface area (Å²) in [6.07, 6.45) is 4.62. The fourth-order valence-corrected chi connectivity index (χ4v) is 3.07. The molecule has 1 aromatic carbocycles. The number of benzene rings is 1. The lowest BCUT2D eigenvalue weighted by molar-refractivity contribution is 0.355. The van der Waals surface area contributed by atoms with E-state index < -0.39 is 0 Å². The van der Waals surface area contributed by atoms with Crippen LogP contribution >= 0.6 is 0 Å². The van der Waals surface area contributed by atoms with Crippen molar-refractivity contribution in [1.82, 2.24) is 20.1 Å². The summed E-state index contributed by atoms with van der Waals surface area (Å²) in [6, 6.07) is 5.64. The summed E-state index contributed by atoms with van der Waals surface area (Å²) < 4.78 is 12.8. The molecule has 1 aliphatic heterocycles. The molecule has 3 rings (SSSR count). The molecule has 0 bridgehead atoms. The van der Waals surface area contributed by atoms with Crippen LogP contribution in [0.2, 0.25) is 0 Å². The molecule has 1 aromatic heterocycles. The Bertz CT molecular complexity index is 771. The number of aliphatic imine (C=N–C) groups is 1. The molecule has 2 aromatic rings. The maximum atomic E-state index is 5.34. The third-order valence-corrected chi connectivity index (χ3v) is 4.47. The predicted octanol–water partition coefficient (Wildman–Crippen LogP) is 2.21. The van der Waals surface area contributed by atoms with Crippen LogP contribution in [-0.2, 0) is 19.5 Å². The molecular formula is C18H26N6O2. The molecule has 8 nitrogen and oxygen atoms in total. The molecule has 0 radical (unpaired) electrons. The molecule has 2 N–H and O–H groups in total. The van der Waals surface area contributed by atoms with Gasteiger partial charge in [0.1, 0.15) is 5.82 Å². The summed E-state index contributed by atoms with van der Waals surface area (Å²) in [7, 11) is 4.97. The number of anilines is 1. The number of ether oxygens (including phenoxy) is 2. The number of hydrogen-bond donors (Lipinski definition) is 2. The fraction of sp³-hybridized carbons (Fsp3) is 0.500. The number of methoxy groups -OCH3 is 2. The number of nitrogens with one attached hydrogen (secondary N) is 2. The predicted molar refractivity (Wildman–Crippen MR) is 101 cm³/mol. The summed E-state index contributed by atoms with van der Waals surface area (Å²) in [6.45, 7) is 1.56. The molecule has 1 aliphatic rings. The van der Waals surface area contributed by atoms with Crippen LogP contribution in [0, 0.1) is 0 Å². The van der Waals surface area contributed by atoms with Crippen LogP contribution in [-0.4, -0.2) is 42.0 Å². The van der Waals surface area contributed by atoms with Gasteiger partial charge < -0.3 is 24.7 Å². The Morgan fingerprint density at radius 2 is 2.00 bits per heavy atom. The second kappa shape index (κ2) is 8.55. The second-order valence-electron chi connectivity index (χ2n) is 6.12. The molecule has 0 unspecified atom stereocenters. The van der Waals surface area contributed by atoms with Crippen molar-refractivity contribution in [3.63, 3.8) is 0 Å². The van der Waals surface area contributed by atoms with E-state index in [-0.39, 0.29) is 0 Å². The normalized spacial score (nSPS) is 14.3. The Morgan fingerprint density at radius 1 is 1.15 bits per heavy atom. The van der Waals surface area contributed by atoms with Crippen LogP contribution in [0.4, 0.5) is 5.69 Å². The van der Waals surface area contributed by atoms with Gasteiger partial charge in [-0.3, -0.25) is 4.99 Å². The van der Waals surface area contributed by atoms with Crippen LogP contribution in [0.15, 0.2) is 23.2 Å². The molecule has 0 aliphatic carbocycles. The van der Waals surface area contributed by atoms with Crippen LogP contribution in [0.5, 0.6) is 11.5 Å². The van der Waals surface area contributed by atoms with Gasteiger partial charge in [0, 0.05) is 31.8 Å². The third kappa shape index (κ3) is 4.07. The number of nitrogens with zero attached hydrogens (tertiary/aromatic N) is 4. The highest BCUT2D eigenvalue weighted by Gasteiger charge is 2.15. The minimum atomic E-state index is 0.569. The molecule has 140 valence electrons. The number of rotatable bonds is 5. The highest BCUT2D eigenvalue weighted by molar-refractivity contribution is 5.93. The Hall–Kier alpha value is -2.77. The lowest BCUT2D eigenvalue weighted by atomic mass is 10.2. The first-order chi connectivity index (χ1) is 12.7. The zero-order valence-corrected chi connectivity index (χ0v) is 15.6. The first-order valence-corrected chi connectivity index (χ1v) is 8.85. The summed E-state index contributed by atoms with van der Waals surface area (Å²) in [5.74, 6) is 4.03. The zero-order chi connectivity index (χ0) is 18.4. The van der Waals surface area contributed by atoms with Crippen molar-refractivity contribution in [3.8, 4) is 11.5 Å². The number of aryl methyl sites for hydroxylation is 1. The van der Waals surface area contributed by atoms with Gasteiger partial charge >= 0.3 is 0 Å². The first kappa shape index (κ1) is 18.0. The number of guanidine groups is 1. The first-order valence-electron chi connectivity index (χ1n) is 8.85. The van der Waals surface area contributed by atoms with E-state index in [1.54, 1.807) is 21.3 Å². The fourth-order valence-electron chi connectivity index (χ4n) is 3.07. The summed E-state index contributed by atoms with van der Waals surface area (Å²) in [5, 5.41) is 15.2. The zero-order valence-electron chi connectivity index (χ0n) is 15.6. The molecule has 2 heterocycles. The van der Waals surface area contributed by atoms with E-state index in [1.807, 2.05) is 18.2 Å². The Labute approximate surface area is 153 Å². The van der Waals surface area contributed by atoms with Crippen LogP contribution in [0.1, 0.15) is 30.9 Å². The molecule has 0 amide bonds. The third-order valence-electron chi connectivity index (χ3n) is 4.47. The average molecular weight is 358 g/mol. The quantitative estimate of drug-likeness (QED) is 0.630. The second-order valence-corrected chi connectivity index (χ2v) is 6.12. The minimum absolute atomic E-state index is 0.569. The summed E-state index contributed by atoms with van der Waals surface area (Å²) in [5.41, 5.74) is 0.857. The van der Waals surface area contributed by atoms with Gasteiger partial charge in [-0.25, -0.2) is 0 Å². The SMILES string of the molecule is CN=C(NCc1nnc2n1CCCCC2)Nc1ccc(OC)c(OC)c1. The van der Waals surface area contributed by atoms with Crippen molar-refractivity contribution in [2.75, 3.05) is 26.6 Å². The summed E-state index contributed by atoms with van der Waals surface area (Å²) in [4.78, 5) is 4.28. The van der Waals surface area contributed by atoms with E-state index in [0.29, 0.717) is 24.0 Å². The smallest absolute Gasteiger partial charge is 0.195 e. The molecule has 0 saturated carbocycles. The maximum Gasteiger partial charge on any atom is 0.195 e. The van der Waals surface area contributed by atoms with Gasteiger partial charge in [-0.15, -0.1) is 10.2 Å². The van der Waals surface area contributed by atoms with E-state index in [1.165, 1.54) is 19.3 Å². The monoisotopic (exact) mass is 358 g/mol. The Kier molecular flexibility index (Phi) is 5.93. The van der Waals surface area contributed by atoms with Crippen LogP contribution in [0.3, 0.4) is 0 Å². The minimum Gasteiger partial charge on any atom is -0.493 e. The lowest BCUT2D eigenvalue weighted by Gasteiger charge is -2.14. The number of hydrogen-bond acceptors (Lipinski definition) is 5. The van der Waals surface area contributed by atoms with Crippen molar-refractivity contribution in [2.24, 2.45) is 4.99 Å². The molecule has 0 saturated heterocycles. The van der Waals surface area contributed by atoms with Gasteiger partial charge in [0.2, 0.25) is 0 Å². The molecule has 0 fully saturated rings. The van der Waals surface area contributed by atoms with Crippen molar-refractivity contribution in [2.45, 2.75) is 38.8 Å². The van der Waals surface area contributed by atoms with Crippen molar-refractivity contribution in [1.29, 1.82) is 0 Å². The van der Waals surface area contributed by atoms with Crippen LogP contribution < -0.4 is 20.1 Å². The molecule has 8 heteroatoms. The maximum absolute atomic E-state index is 5.34. The standard InChI is InChI=1S/C18H26N6O2/c1-19-18(21-13-8-9-14(25-2)15(11-13)26-3)20-12-17-23-22-16-7-5-4-6-10-24(16)17/h8-9,11H,4-7,10,12H2,1-3H3,(H2,19,20,21). The van der Waals surface area contributed by atoms with Gasteiger partial charge in [-0.2, -0.15) is 0 Å². The van der Waals surface area contributed by atoms with E-state index in [0.717, 1.165) is 30.3 Å². The van der Waals surface area contributed by atoms with Gasteiger partial charge in [0.15, 0.2) is 23.3 Å². The van der Waals surface area contributed by atoms with Gasteiger partial charge in [0.05, 0.1) is 20.8 Å². The molecule has 0 spiro atoms. The van der Waals surface area contributed by atoms with E-state index >= 15 is 0 Å². The Morgan fingerprint density at radius 3 is 2.77 bits per heavy atom. The van der Waals surface area contributed by atoms with E-state index in [9.17, 15) is 0 Å². The van der Waals surface area contributed by atoms with Crippen molar-refractivity contribution < 1.29 is 9.47 Å². The number of aromatic nitrogens is 3. The van der Waals surface area contributed by atoms with E-state index in [4.69, 9.17) is 9.47 Å².